The van der Waals surface area contributed by atoms with Crippen molar-refractivity contribution in [2.45, 2.75) is 39.2 Å². The van der Waals surface area contributed by atoms with Crippen LogP contribution in [0.2, 0.25) is 0 Å². The van der Waals surface area contributed by atoms with Crippen molar-refractivity contribution < 1.29 is 11.2 Å². The topological polar surface area (TPSA) is 29.5 Å². The van der Waals surface area contributed by atoms with Gasteiger partial charge in [0.25, 0.3) is 0 Å². The SMILES string of the molecule is [3H][C@@H]1C[C@H](C)[C@@H]([C@H](C)CCCO)O1. The zero-order chi connectivity index (χ0) is 9.84. The van der Waals surface area contributed by atoms with Gasteiger partial charge in [0.05, 0.1) is 7.47 Å². The second-order valence-electron chi connectivity index (χ2n) is 3.82. The minimum absolute atomic E-state index is 0.231. The zero-order valence-corrected chi connectivity index (χ0v) is 7.99. The first-order chi connectivity index (χ1) is 6.15. The molecule has 1 saturated heterocycles. The molecule has 2 heteroatoms. The normalized spacial score (nSPS) is 39.6. The van der Waals surface area contributed by atoms with Crippen LogP contribution >= 0.6 is 0 Å². The second kappa shape index (κ2) is 4.83. The Morgan fingerprint density at radius 1 is 1.75 bits per heavy atom. The molecule has 12 heavy (non-hydrogen) atoms. The van der Waals surface area contributed by atoms with Crippen LogP contribution in [0.4, 0.5) is 0 Å². The number of aliphatic hydroxyl groups excluding tert-OH is 1. The molecule has 0 bridgehead atoms. The Morgan fingerprint density at radius 2 is 2.50 bits per heavy atom. The summed E-state index contributed by atoms with van der Waals surface area (Å²) in [4.78, 5) is 0. The molecule has 1 N–H and O–H groups in total. The van der Waals surface area contributed by atoms with Gasteiger partial charge < -0.3 is 9.84 Å². The Kier molecular flexibility index (Phi) is 3.43. The highest BCUT2D eigenvalue weighted by atomic mass is 16.5. The van der Waals surface area contributed by atoms with E-state index in [1.165, 1.54) is 0 Å². The summed E-state index contributed by atoms with van der Waals surface area (Å²) in [6.07, 6.45) is 2.93. The van der Waals surface area contributed by atoms with E-state index in [4.69, 9.17) is 11.2 Å². The Bertz CT molecular complexity index is 152. The van der Waals surface area contributed by atoms with E-state index in [0.29, 0.717) is 11.8 Å². The summed E-state index contributed by atoms with van der Waals surface area (Å²) >= 11 is 0. The first kappa shape index (κ1) is 8.52. The summed E-state index contributed by atoms with van der Waals surface area (Å²) in [7, 11) is 0. The van der Waals surface area contributed by atoms with Crippen LogP contribution in [0.5, 0.6) is 0 Å². The summed E-state index contributed by atoms with van der Waals surface area (Å²) in [6, 6.07) is 0. The Labute approximate surface area is 76.3 Å². The fraction of sp³-hybridized carbons (Fsp3) is 1.00. The van der Waals surface area contributed by atoms with E-state index in [9.17, 15) is 0 Å². The highest BCUT2D eigenvalue weighted by Crippen LogP contribution is 2.28. The number of rotatable bonds is 4. The molecule has 0 aromatic heterocycles. The van der Waals surface area contributed by atoms with Crippen molar-refractivity contribution in [1.82, 2.24) is 0 Å². The fourth-order valence-electron chi connectivity index (χ4n) is 1.86. The fourth-order valence-corrected chi connectivity index (χ4v) is 1.86. The molecule has 72 valence electrons. The molecular weight excluding hydrogens is 152 g/mol. The summed E-state index contributed by atoms with van der Waals surface area (Å²) < 4.78 is 13.0. The molecule has 1 heterocycles. The van der Waals surface area contributed by atoms with Crippen molar-refractivity contribution in [2.24, 2.45) is 11.8 Å². The Hall–Kier alpha value is -0.0800. The standard InChI is InChI=1S/C10H20O2/c1-8(4-3-6-11)10-9(2)5-7-12-10/h8-11H,3-7H2,1-2H3/t8-,9+,10-/m1/s1/i7T/t7-,8-,9+,10-. The van der Waals surface area contributed by atoms with Crippen LogP contribution in [0.15, 0.2) is 0 Å². The maximum Gasteiger partial charge on any atom is 0.0626 e. The molecule has 0 spiro atoms. The summed E-state index contributed by atoms with van der Waals surface area (Å²) in [5.74, 6) is 0.966. The second-order valence-corrected chi connectivity index (χ2v) is 3.82. The van der Waals surface area contributed by atoms with Crippen molar-refractivity contribution in [3.63, 3.8) is 0 Å². The van der Waals surface area contributed by atoms with Crippen LogP contribution in [-0.2, 0) is 4.74 Å². The molecule has 2 nitrogen and oxygen atoms in total. The third-order valence-corrected chi connectivity index (χ3v) is 2.66. The van der Waals surface area contributed by atoms with E-state index in [-0.39, 0.29) is 19.3 Å². The number of hydrogen-bond acceptors (Lipinski definition) is 2. The van der Waals surface area contributed by atoms with E-state index >= 15 is 0 Å². The molecule has 0 aromatic carbocycles. The summed E-state index contributed by atoms with van der Waals surface area (Å²) in [5, 5.41) is 8.70. The van der Waals surface area contributed by atoms with Gasteiger partial charge in [0.2, 0.25) is 0 Å². The first-order valence-corrected chi connectivity index (χ1v) is 4.83. The van der Waals surface area contributed by atoms with Crippen molar-refractivity contribution in [3.8, 4) is 0 Å². The average molecular weight is 174 g/mol. The number of aliphatic hydroxyl groups is 1. The van der Waals surface area contributed by atoms with E-state index in [2.05, 4.69) is 13.8 Å². The Morgan fingerprint density at radius 3 is 3.00 bits per heavy atom. The van der Waals surface area contributed by atoms with Crippen molar-refractivity contribution in [3.05, 3.63) is 0 Å². The van der Waals surface area contributed by atoms with Crippen LogP contribution in [-0.4, -0.2) is 24.4 Å². The largest absolute Gasteiger partial charge is 0.396 e. The molecule has 4 atom stereocenters. The lowest BCUT2D eigenvalue weighted by atomic mass is 9.90. The van der Waals surface area contributed by atoms with E-state index in [1.807, 2.05) is 0 Å². The highest BCUT2D eigenvalue weighted by molar-refractivity contribution is 4.77. The van der Waals surface area contributed by atoms with Crippen molar-refractivity contribution >= 4 is 0 Å². The molecule has 0 aliphatic carbocycles. The van der Waals surface area contributed by atoms with Crippen molar-refractivity contribution in [2.75, 3.05) is 13.2 Å². The predicted octanol–water partition coefficient (Wildman–Crippen LogP) is 1.82. The predicted molar refractivity (Wildman–Crippen MR) is 49.0 cm³/mol. The quantitative estimate of drug-likeness (QED) is 0.704. The number of ether oxygens (including phenoxy) is 1. The van der Waals surface area contributed by atoms with E-state index < -0.39 is 0 Å². The van der Waals surface area contributed by atoms with Crippen LogP contribution in [0, 0.1) is 11.8 Å². The van der Waals surface area contributed by atoms with Crippen LogP contribution in [0.3, 0.4) is 0 Å². The Balaban J connectivity index is 2.33. The van der Waals surface area contributed by atoms with Gasteiger partial charge in [0.1, 0.15) is 0 Å². The number of hydrogen-bond donors (Lipinski definition) is 1. The molecule has 0 saturated carbocycles. The van der Waals surface area contributed by atoms with Gasteiger partial charge in [-0.15, -0.1) is 0 Å². The van der Waals surface area contributed by atoms with Crippen LogP contribution < -0.4 is 0 Å². The maximum atomic E-state index is 8.70. The van der Waals surface area contributed by atoms with Gasteiger partial charge in [-0.05, 0) is 31.1 Å². The van der Waals surface area contributed by atoms with E-state index in [1.54, 1.807) is 0 Å². The van der Waals surface area contributed by atoms with Crippen LogP contribution in [0.1, 0.15) is 34.5 Å². The van der Waals surface area contributed by atoms with Gasteiger partial charge in [-0.1, -0.05) is 13.8 Å². The van der Waals surface area contributed by atoms with Gasteiger partial charge in [-0.2, -0.15) is 0 Å². The van der Waals surface area contributed by atoms with Crippen LogP contribution in [0.25, 0.3) is 0 Å². The molecule has 0 amide bonds. The average Bonchev–Trinajstić information content (AvgIpc) is 2.41. The molecule has 1 rings (SSSR count). The molecule has 0 radical (unpaired) electrons. The first-order valence-electron chi connectivity index (χ1n) is 5.41. The lowest BCUT2D eigenvalue weighted by molar-refractivity contribution is 0.0459. The summed E-state index contributed by atoms with van der Waals surface area (Å²) in [5.41, 5.74) is 0. The lowest BCUT2D eigenvalue weighted by Crippen LogP contribution is -2.22. The minimum Gasteiger partial charge on any atom is -0.396 e. The monoisotopic (exact) mass is 174 g/mol. The van der Waals surface area contributed by atoms with Gasteiger partial charge in [-0.25, -0.2) is 0 Å². The van der Waals surface area contributed by atoms with E-state index in [0.717, 1.165) is 19.3 Å². The van der Waals surface area contributed by atoms with Gasteiger partial charge in [-0.3, -0.25) is 0 Å². The molecule has 0 unspecified atom stereocenters. The van der Waals surface area contributed by atoms with Crippen molar-refractivity contribution in [1.29, 1.82) is 0 Å². The minimum atomic E-state index is -0.323. The van der Waals surface area contributed by atoms with Gasteiger partial charge in [0.15, 0.2) is 0 Å². The smallest absolute Gasteiger partial charge is 0.0626 e. The van der Waals surface area contributed by atoms with Gasteiger partial charge in [0, 0.05) is 13.2 Å². The molecule has 1 aliphatic heterocycles. The third kappa shape index (κ3) is 2.46. The third-order valence-electron chi connectivity index (χ3n) is 2.66. The summed E-state index contributed by atoms with van der Waals surface area (Å²) in [6.45, 7) is 4.23. The maximum absolute atomic E-state index is 8.70. The molecular formula is C10H20O2. The van der Waals surface area contributed by atoms with Gasteiger partial charge >= 0.3 is 0 Å². The zero-order valence-electron chi connectivity index (χ0n) is 8.99. The molecule has 1 aliphatic rings. The molecule has 1 fully saturated rings. The lowest BCUT2D eigenvalue weighted by Gasteiger charge is -2.21. The molecule has 0 aromatic rings. The highest BCUT2D eigenvalue weighted by Gasteiger charge is 2.28.